The van der Waals surface area contributed by atoms with E-state index in [0.29, 0.717) is 52.6 Å². The third-order valence-electron chi connectivity index (χ3n) is 8.89. The van der Waals surface area contributed by atoms with Gasteiger partial charge in [0.05, 0.1) is 16.0 Å². The molecule has 0 radical (unpaired) electrons. The van der Waals surface area contributed by atoms with E-state index in [-0.39, 0.29) is 43.5 Å². The number of carbonyl (C=O) groups is 3. The van der Waals surface area contributed by atoms with Crippen LogP contribution in [0.5, 0.6) is 11.5 Å². The molecule has 1 aliphatic heterocycles. The Hall–Kier alpha value is -3.66. The number of ether oxygens (including phenoxy) is 3. The van der Waals surface area contributed by atoms with Gasteiger partial charge in [-0.05, 0) is 105 Å². The molecule has 2 fully saturated rings. The maximum atomic E-state index is 14.6. The van der Waals surface area contributed by atoms with Gasteiger partial charge >= 0.3 is 6.09 Å². The van der Waals surface area contributed by atoms with Gasteiger partial charge < -0.3 is 29.3 Å². The predicted molar refractivity (Wildman–Crippen MR) is 200 cm³/mol. The van der Waals surface area contributed by atoms with Crippen LogP contribution in [-0.2, 0) is 27.4 Å². The quantitative estimate of drug-likeness (QED) is 0.186. The van der Waals surface area contributed by atoms with Crippen molar-refractivity contribution in [3.63, 3.8) is 0 Å². The molecule has 12 heteroatoms. The molecule has 3 aromatic carbocycles. The highest BCUT2D eigenvalue weighted by molar-refractivity contribution is 6.37. The number of aryl methyl sites for hydroxylation is 1. The number of amides is 3. The van der Waals surface area contributed by atoms with Crippen molar-refractivity contribution >= 4 is 52.7 Å². The fourth-order valence-electron chi connectivity index (χ4n) is 6.29. The lowest BCUT2D eigenvalue weighted by Gasteiger charge is -2.40. The molecule has 2 atom stereocenters. The van der Waals surface area contributed by atoms with E-state index in [2.05, 4.69) is 5.32 Å². The molecule has 1 N–H and O–H groups in total. The summed E-state index contributed by atoms with van der Waals surface area (Å²) in [5.74, 6) is 0.300. The lowest BCUT2D eigenvalue weighted by Crippen LogP contribution is -2.51. The highest BCUT2D eigenvalue weighted by atomic mass is 35.5. The van der Waals surface area contributed by atoms with Crippen molar-refractivity contribution in [3.05, 3.63) is 91.9 Å². The molecule has 5 rings (SSSR count). The van der Waals surface area contributed by atoms with Crippen LogP contribution in [0.4, 0.5) is 4.79 Å². The van der Waals surface area contributed by atoms with E-state index in [1.807, 2.05) is 69.0 Å². The predicted octanol–water partition coefficient (Wildman–Crippen LogP) is 8.58. The number of nitrogens with one attached hydrogen (secondary N) is 1. The van der Waals surface area contributed by atoms with Crippen LogP contribution in [0.3, 0.4) is 0 Å². The lowest BCUT2D eigenvalue weighted by molar-refractivity contribution is -0.139. The van der Waals surface area contributed by atoms with E-state index in [1.165, 1.54) is 6.92 Å². The third-order valence-corrected chi connectivity index (χ3v) is 9.82. The first-order valence-electron chi connectivity index (χ1n) is 17.3. The largest absolute Gasteiger partial charge is 0.490 e. The molecule has 0 spiro atoms. The number of benzene rings is 3. The van der Waals surface area contributed by atoms with E-state index < -0.39 is 17.6 Å². The molecular weight excluding hydrogens is 713 g/mol. The summed E-state index contributed by atoms with van der Waals surface area (Å²) < 4.78 is 17.4. The van der Waals surface area contributed by atoms with Gasteiger partial charge in [0.2, 0.25) is 11.8 Å². The van der Waals surface area contributed by atoms with E-state index in [1.54, 1.807) is 23.1 Å². The lowest BCUT2D eigenvalue weighted by atomic mass is 9.79. The first-order valence-corrected chi connectivity index (χ1v) is 18.4. The summed E-state index contributed by atoms with van der Waals surface area (Å²) >= 11 is 19.3. The van der Waals surface area contributed by atoms with Gasteiger partial charge in [-0.1, -0.05) is 59.1 Å². The van der Waals surface area contributed by atoms with Gasteiger partial charge in [-0.2, -0.15) is 0 Å². The minimum absolute atomic E-state index is 0.0232. The highest BCUT2D eigenvalue weighted by Crippen LogP contribution is 2.39. The van der Waals surface area contributed by atoms with Gasteiger partial charge in [0.25, 0.3) is 0 Å². The Labute approximate surface area is 315 Å². The van der Waals surface area contributed by atoms with Gasteiger partial charge in [0.1, 0.15) is 24.6 Å². The van der Waals surface area contributed by atoms with Crippen molar-refractivity contribution in [1.29, 1.82) is 0 Å². The topological polar surface area (TPSA) is 97.4 Å². The second-order valence-electron chi connectivity index (χ2n) is 14.3. The highest BCUT2D eigenvalue weighted by Gasteiger charge is 2.43. The van der Waals surface area contributed by atoms with Crippen LogP contribution in [0.25, 0.3) is 0 Å². The standard InChI is InChI=1S/C39H46Cl3N3O6/c1-24-18-34(41)36(35(42)19-24)50-17-16-49-30-11-7-27(8-12-30)31-14-15-44(38(48)51-39(3,4)5)23-32(31)37(47)45(29-9-10-29)22-28-20-26(6-13-33(28)40)21-43-25(2)46/h6-8,11-13,18-20,29,31-32H,9-10,14-17,21-23H2,1-5H3,(H,43,46). The molecule has 2 unspecified atom stereocenters. The number of piperidine rings is 1. The summed E-state index contributed by atoms with van der Waals surface area (Å²) in [6.45, 7) is 10.8. The van der Waals surface area contributed by atoms with Crippen molar-refractivity contribution in [2.75, 3.05) is 26.3 Å². The molecule has 274 valence electrons. The molecule has 9 nitrogen and oxygen atoms in total. The fraction of sp³-hybridized carbons (Fsp3) is 0.462. The minimum Gasteiger partial charge on any atom is -0.490 e. The van der Waals surface area contributed by atoms with Gasteiger partial charge in [-0.3, -0.25) is 9.59 Å². The first-order chi connectivity index (χ1) is 24.2. The van der Waals surface area contributed by atoms with Crippen molar-refractivity contribution in [3.8, 4) is 11.5 Å². The molecule has 1 saturated carbocycles. The summed E-state index contributed by atoms with van der Waals surface area (Å²) in [5, 5.41) is 4.28. The maximum Gasteiger partial charge on any atom is 0.410 e. The average Bonchev–Trinajstić information content (AvgIpc) is 3.91. The normalized spacial score (nSPS) is 17.5. The summed E-state index contributed by atoms with van der Waals surface area (Å²) in [5.41, 5.74) is 2.99. The van der Waals surface area contributed by atoms with Crippen LogP contribution in [0.2, 0.25) is 15.1 Å². The third kappa shape index (κ3) is 10.7. The number of rotatable bonds is 12. The van der Waals surface area contributed by atoms with Crippen molar-refractivity contribution < 1.29 is 28.6 Å². The second kappa shape index (κ2) is 16.8. The second-order valence-corrected chi connectivity index (χ2v) is 15.5. The van der Waals surface area contributed by atoms with E-state index in [0.717, 1.165) is 35.1 Å². The summed E-state index contributed by atoms with van der Waals surface area (Å²) in [4.78, 5) is 43.0. The molecule has 2 aliphatic rings. The Kier molecular flexibility index (Phi) is 12.7. The van der Waals surface area contributed by atoms with Gasteiger partial charge in [-0.25, -0.2) is 4.79 Å². The summed E-state index contributed by atoms with van der Waals surface area (Å²) in [6, 6.07) is 17.1. The van der Waals surface area contributed by atoms with Crippen molar-refractivity contribution in [2.24, 2.45) is 5.92 Å². The maximum absolute atomic E-state index is 14.6. The molecule has 3 aromatic rings. The SMILES string of the molecule is CC(=O)NCc1ccc(Cl)c(CN(C(=O)C2CN(C(=O)OC(C)(C)C)CCC2c2ccc(OCCOc3c(Cl)cc(C)cc3Cl)cc2)C2CC2)c1. The molecule has 3 amide bonds. The zero-order valence-electron chi connectivity index (χ0n) is 29.8. The molecular formula is C39H46Cl3N3O6. The molecule has 1 aliphatic carbocycles. The minimum atomic E-state index is -0.661. The Morgan fingerprint density at radius 3 is 2.20 bits per heavy atom. The van der Waals surface area contributed by atoms with Crippen molar-refractivity contribution in [1.82, 2.24) is 15.1 Å². The number of halogens is 3. The van der Waals surface area contributed by atoms with Crippen LogP contribution in [0, 0.1) is 12.8 Å². The van der Waals surface area contributed by atoms with Gasteiger partial charge in [-0.15, -0.1) is 0 Å². The molecule has 1 saturated heterocycles. The number of carbonyl (C=O) groups excluding carboxylic acids is 3. The average molecular weight is 759 g/mol. The molecule has 0 bridgehead atoms. The Balaban J connectivity index is 1.32. The Bertz CT molecular complexity index is 1700. The number of hydrogen-bond acceptors (Lipinski definition) is 6. The summed E-state index contributed by atoms with van der Waals surface area (Å²) in [6.07, 6.45) is 1.97. The van der Waals surface area contributed by atoms with Crippen LogP contribution in [-0.4, -0.2) is 65.7 Å². The number of nitrogens with zero attached hydrogens (tertiary/aromatic N) is 2. The van der Waals surface area contributed by atoms with E-state index in [4.69, 9.17) is 49.0 Å². The van der Waals surface area contributed by atoms with Gasteiger partial charge in [0.15, 0.2) is 5.75 Å². The first kappa shape index (κ1) is 38.6. The number of likely N-dealkylation sites (tertiary alicyclic amines) is 1. The molecule has 1 heterocycles. The molecule has 0 aromatic heterocycles. The Morgan fingerprint density at radius 2 is 1.57 bits per heavy atom. The van der Waals surface area contributed by atoms with Crippen LogP contribution < -0.4 is 14.8 Å². The van der Waals surface area contributed by atoms with Crippen LogP contribution in [0.15, 0.2) is 54.6 Å². The zero-order valence-corrected chi connectivity index (χ0v) is 32.0. The molecule has 51 heavy (non-hydrogen) atoms. The number of hydrogen-bond donors (Lipinski definition) is 1. The van der Waals surface area contributed by atoms with Gasteiger partial charge in [0, 0.05) is 44.2 Å². The van der Waals surface area contributed by atoms with Crippen molar-refractivity contribution in [2.45, 2.75) is 84.5 Å². The van der Waals surface area contributed by atoms with E-state index in [9.17, 15) is 14.4 Å². The monoisotopic (exact) mass is 757 g/mol. The van der Waals surface area contributed by atoms with Crippen LogP contribution >= 0.6 is 34.8 Å². The van der Waals surface area contributed by atoms with Crippen LogP contribution in [0.1, 0.15) is 75.1 Å². The smallest absolute Gasteiger partial charge is 0.410 e. The zero-order chi connectivity index (χ0) is 36.9. The summed E-state index contributed by atoms with van der Waals surface area (Å²) in [7, 11) is 0. The Morgan fingerprint density at radius 1 is 0.902 bits per heavy atom. The van der Waals surface area contributed by atoms with E-state index >= 15 is 0 Å². The fourth-order valence-corrected chi connectivity index (χ4v) is 7.17.